The van der Waals surface area contributed by atoms with Gasteiger partial charge in [0.1, 0.15) is 0 Å². The van der Waals surface area contributed by atoms with Crippen molar-refractivity contribution in [2.75, 3.05) is 13.3 Å². The third-order valence-corrected chi connectivity index (χ3v) is 1.70. The maximum absolute atomic E-state index is 3.08. The van der Waals surface area contributed by atoms with E-state index in [1.54, 1.807) is 0 Å². The molecule has 0 aliphatic heterocycles. The summed E-state index contributed by atoms with van der Waals surface area (Å²) in [6.07, 6.45) is 2.08. The first kappa shape index (κ1) is 6.31. The summed E-state index contributed by atoms with van der Waals surface area (Å²) in [6.45, 7) is 2.13. The minimum Gasteiger partial charge on any atom is -0.309 e. The van der Waals surface area contributed by atoms with Gasteiger partial charge >= 0.3 is 0 Å². The van der Waals surface area contributed by atoms with Crippen molar-refractivity contribution in [2.45, 2.75) is 12.3 Å². The average molecular weight is 105 g/mol. The molecule has 0 aromatic carbocycles. The summed E-state index contributed by atoms with van der Waals surface area (Å²) in [5.74, 6) is 0. The Hall–Kier alpha value is 0.310. The van der Waals surface area contributed by atoms with Crippen molar-refractivity contribution in [3.63, 3.8) is 0 Å². The van der Waals surface area contributed by atoms with Crippen molar-refractivity contribution >= 4 is 11.8 Å². The highest BCUT2D eigenvalue weighted by Crippen LogP contribution is 1.97. The molecular formula is C4H11NS. The van der Waals surface area contributed by atoms with E-state index in [1.807, 2.05) is 18.8 Å². The molecule has 1 nitrogen and oxygen atoms in total. The Morgan fingerprint density at radius 2 is 2.17 bits per heavy atom. The summed E-state index contributed by atoms with van der Waals surface area (Å²) in [6, 6.07) is 0. The smallest absolute Gasteiger partial charge is 0.0498 e. The molecule has 0 rings (SSSR count). The highest BCUT2D eigenvalue weighted by Gasteiger charge is 1.86. The van der Waals surface area contributed by atoms with Crippen LogP contribution >= 0.6 is 11.8 Å². The molecule has 0 radical (unpaired) electrons. The van der Waals surface area contributed by atoms with Crippen LogP contribution in [0.25, 0.3) is 0 Å². The van der Waals surface area contributed by atoms with Crippen molar-refractivity contribution < 1.29 is 0 Å². The normalized spacial score (nSPS) is 14.5. The monoisotopic (exact) mass is 105 g/mol. The summed E-state index contributed by atoms with van der Waals surface area (Å²) in [5.41, 5.74) is 0. The predicted molar refractivity (Wildman–Crippen MR) is 32.0 cm³/mol. The maximum Gasteiger partial charge on any atom is 0.0498 e. The van der Waals surface area contributed by atoms with Gasteiger partial charge in [-0.05, 0) is 20.2 Å². The van der Waals surface area contributed by atoms with Crippen LogP contribution in [0, 0.1) is 0 Å². The van der Waals surface area contributed by atoms with E-state index in [9.17, 15) is 0 Å². The van der Waals surface area contributed by atoms with Crippen molar-refractivity contribution in [3.05, 3.63) is 0 Å². The second-order valence-corrected chi connectivity index (χ2v) is 2.35. The summed E-state index contributed by atoms with van der Waals surface area (Å²) in [4.78, 5) is 0. The molecule has 0 saturated carbocycles. The van der Waals surface area contributed by atoms with Gasteiger partial charge in [-0.1, -0.05) is 0 Å². The van der Waals surface area contributed by atoms with Crippen molar-refractivity contribution in [1.29, 1.82) is 0 Å². The Morgan fingerprint density at radius 3 is 2.17 bits per heavy atom. The van der Waals surface area contributed by atoms with Crippen LogP contribution in [0.15, 0.2) is 0 Å². The van der Waals surface area contributed by atoms with Crippen LogP contribution in [0.3, 0.4) is 0 Å². The number of hydrogen-bond acceptors (Lipinski definition) is 2. The van der Waals surface area contributed by atoms with Crippen LogP contribution in [-0.4, -0.2) is 18.7 Å². The summed E-state index contributed by atoms with van der Waals surface area (Å²) < 4.78 is 0. The third-order valence-electron chi connectivity index (χ3n) is 0.760. The van der Waals surface area contributed by atoms with E-state index in [4.69, 9.17) is 0 Å². The predicted octanol–water partition coefficient (Wildman–Crippen LogP) is 0.915. The SMILES string of the molecule is CNC(C)SC. The highest BCUT2D eigenvalue weighted by atomic mass is 32.2. The first-order valence-electron chi connectivity index (χ1n) is 2.01. The van der Waals surface area contributed by atoms with E-state index < -0.39 is 0 Å². The first-order chi connectivity index (χ1) is 2.81. The zero-order valence-corrected chi connectivity index (χ0v) is 5.30. The van der Waals surface area contributed by atoms with Crippen LogP contribution in [0.4, 0.5) is 0 Å². The highest BCUT2D eigenvalue weighted by molar-refractivity contribution is 7.99. The van der Waals surface area contributed by atoms with Gasteiger partial charge in [0.25, 0.3) is 0 Å². The molecular weight excluding hydrogens is 94.1 g/mol. The maximum atomic E-state index is 3.08. The van der Waals surface area contributed by atoms with E-state index in [0.717, 1.165) is 0 Å². The van der Waals surface area contributed by atoms with Crippen LogP contribution in [0.5, 0.6) is 0 Å². The number of hydrogen-bond donors (Lipinski definition) is 1. The lowest BCUT2D eigenvalue weighted by Crippen LogP contribution is -2.15. The standard InChI is InChI=1S/C4H11NS/c1-4(5-2)6-3/h4-5H,1-3H3. The van der Waals surface area contributed by atoms with Crippen LogP contribution in [0.2, 0.25) is 0 Å². The fraction of sp³-hybridized carbons (Fsp3) is 1.00. The minimum absolute atomic E-state index is 0.602. The lowest BCUT2D eigenvalue weighted by molar-refractivity contribution is 0.808. The molecule has 2 heteroatoms. The topological polar surface area (TPSA) is 12.0 Å². The van der Waals surface area contributed by atoms with E-state index in [-0.39, 0.29) is 0 Å². The van der Waals surface area contributed by atoms with Gasteiger partial charge in [-0.3, -0.25) is 0 Å². The minimum atomic E-state index is 0.602. The lowest BCUT2D eigenvalue weighted by Gasteiger charge is -2.01. The molecule has 38 valence electrons. The van der Waals surface area contributed by atoms with Gasteiger partial charge in [-0.2, -0.15) is 0 Å². The second kappa shape index (κ2) is 3.50. The fourth-order valence-corrected chi connectivity index (χ4v) is 0.354. The molecule has 1 N–H and O–H groups in total. The van der Waals surface area contributed by atoms with Crippen molar-refractivity contribution in [2.24, 2.45) is 0 Å². The molecule has 0 heterocycles. The Bertz CT molecular complexity index is 26.7. The molecule has 0 aromatic rings. The van der Waals surface area contributed by atoms with Crippen molar-refractivity contribution in [1.82, 2.24) is 5.32 Å². The van der Waals surface area contributed by atoms with Crippen LogP contribution in [0.1, 0.15) is 6.92 Å². The number of thioether (sulfide) groups is 1. The molecule has 0 amide bonds. The molecule has 0 aromatic heterocycles. The van der Waals surface area contributed by atoms with E-state index in [1.165, 1.54) is 0 Å². The fourth-order valence-electron chi connectivity index (χ4n) is 0.118. The molecule has 0 fully saturated rings. The van der Waals surface area contributed by atoms with Gasteiger partial charge in [-0.25, -0.2) is 0 Å². The Balaban J connectivity index is 2.75. The Kier molecular flexibility index (Phi) is 3.68. The molecule has 6 heavy (non-hydrogen) atoms. The molecule has 0 aliphatic carbocycles. The molecule has 0 saturated heterocycles. The van der Waals surface area contributed by atoms with Gasteiger partial charge in [0.2, 0.25) is 0 Å². The molecule has 0 spiro atoms. The third kappa shape index (κ3) is 2.54. The zero-order valence-electron chi connectivity index (χ0n) is 4.49. The van der Waals surface area contributed by atoms with Crippen molar-refractivity contribution in [3.8, 4) is 0 Å². The van der Waals surface area contributed by atoms with Gasteiger partial charge in [-0.15, -0.1) is 11.8 Å². The van der Waals surface area contributed by atoms with E-state index >= 15 is 0 Å². The second-order valence-electron chi connectivity index (χ2n) is 1.17. The van der Waals surface area contributed by atoms with Crippen LogP contribution in [-0.2, 0) is 0 Å². The molecule has 0 aliphatic rings. The largest absolute Gasteiger partial charge is 0.309 e. The Labute approximate surface area is 43.5 Å². The van der Waals surface area contributed by atoms with Gasteiger partial charge < -0.3 is 5.32 Å². The molecule has 1 unspecified atom stereocenters. The van der Waals surface area contributed by atoms with E-state index in [2.05, 4.69) is 18.5 Å². The quantitative estimate of drug-likeness (QED) is 0.524. The number of rotatable bonds is 2. The molecule has 0 bridgehead atoms. The first-order valence-corrected chi connectivity index (χ1v) is 3.30. The lowest BCUT2D eigenvalue weighted by atomic mass is 10.8. The van der Waals surface area contributed by atoms with Gasteiger partial charge in [0, 0.05) is 5.37 Å². The number of nitrogens with one attached hydrogen (secondary N) is 1. The summed E-state index contributed by atoms with van der Waals surface area (Å²) in [5, 5.41) is 3.68. The summed E-state index contributed by atoms with van der Waals surface area (Å²) >= 11 is 1.81. The Morgan fingerprint density at radius 1 is 1.67 bits per heavy atom. The van der Waals surface area contributed by atoms with Gasteiger partial charge in [0.15, 0.2) is 0 Å². The zero-order chi connectivity index (χ0) is 4.99. The van der Waals surface area contributed by atoms with Gasteiger partial charge in [0.05, 0.1) is 0 Å². The van der Waals surface area contributed by atoms with E-state index in [0.29, 0.717) is 5.37 Å². The van der Waals surface area contributed by atoms with Crippen LogP contribution < -0.4 is 5.32 Å². The average Bonchev–Trinajstić information content (AvgIpc) is 1.65. The summed E-state index contributed by atoms with van der Waals surface area (Å²) in [7, 11) is 1.96. The molecule has 1 atom stereocenters.